The number of aliphatic hydroxyl groups excluding tert-OH is 4. The molecule has 25 heteroatoms. The lowest BCUT2D eigenvalue weighted by Gasteiger charge is -2.64. The number of fused-ring (bicyclic) bond motifs is 6. The molecule has 2 fully saturated rings. The molecule has 464 valence electrons. The Bertz CT molecular complexity index is 3270. The highest BCUT2D eigenvalue weighted by molar-refractivity contribution is 5.97. The Morgan fingerprint density at radius 1 is 0.791 bits per heavy atom. The highest BCUT2D eigenvalue weighted by Gasteiger charge is 2.78. The third-order valence-corrected chi connectivity index (χ3v) is 18.1. The minimum atomic E-state index is -2.27. The van der Waals surface area contributed by atoms with Crippen molar-refractivity contribution >= 4 is 58.3 Å². The fourth-order valence-corrected chi connectivity index (χ4v) is 14.7. The average molecular weight is 1200 g/mol. The summed E-state index contributed by atoms with van der Waals surface area (Å²) in [6.45, 7) is 9.41. The Morgan fingerprint density at radius 3 is 1.99 bits per heavy atom. The first kappa shape index (κ1) is 64.1. The van der Waals surface area contributed by atoms with Gasteiger partial charge < -0.3 is 80.1 Å². The van der Waals surface area contributed by atoms with E-state index in [4.69, 9.17) is 59.8 Å². The standard InChI is InChI=1S/C53H63N5O8.2C4H6O6/c1-8-33-25-34-28-52(49(61)65-7,44-36(19-23-57(29-33)30-34)35-15-10-12-17-40(35)55-44)39-26-38-41(27-43(39)64-6)56(4)47-51(38)21-24-58-22-14-20-50(9-2,46(51)58)48(66-32(3)59)53(47,62)31-54-45(60)37-16-11-13-18-42(37)63-5;2*5-1(3(7)8)2(6)4(9)10/h10-18,20,25-27,34,46-48,55,62H,8-9,19,21-24,28-31H2,1-7H3,(H,54,60);2*1-2,5-6H,(H,7,8)(H,9,10)/t34-,46-,47+,48+,50+,51+,52-,53-;;/m0../s1. The lowest BCUT2D eigenvalue weighted by Crippen LogP contribution is -2.81. The minimum Gasteiger partial charge on any atom is -0.496 e. The van der Waals surface area contributed by atoms with Crippen molar-refractivity contribution in [2.75, 3.05) is 72.5 Å². The maximum atomic E-state index is 15.5. The number of benzene rings is 3. The molecule has 11 N–H and O–H groups in total. The predicted molar refractivity (Wildman–Crippen MR) is 307 cm³/mol. The molecule has 1 saturated heterocycles. The van der Waals surface area contributed by atoms with Gasteiger partial charge in [-0.15, -0.1) is 0 Å². The number of aromatic nitrogens is 1. The number of anilines is 1. The normalized spacial score (nSPS) is 28.1. The molecule has 25 nitrogen and oxygen atoms in total. The van der Waals surface area contributed by atoms with Crippen LogP contribution in [-0.4, -0.2) is 218 Å². The van der Waals surface area contributed by atoms with Crippen molar-refractivity contribution in [3.63, 3.8) is 0 Å². The number of aliphatic carboxylic acids is 4. The minimum absolute atomic E-state index is 0.0195. The van der Waals surface area contributed by atoms with E-state index in [0.29, 0.717) is 48.4 Å². The number of aliphatic hydroxyl groups is 5. The lowest BCUT2D eigenvalue weighted by atomic mass is 9.47. The number of para-hydroxylation sites is 2. The summed E-state index contributed by atoms with van der Waals surface area (Å²) in [4.78, 5) is 93.1. The zero-order valence-corrected chi connectivity index (χ0v) is 48.8. The van der Waals surface area contributed by atoms with Gasteiger partial charge in [-0.1, -0.05) is 68.0 Å². The van der Waals surface area contributed by atoms with Crippen LogP contribution < -0.4 is 19.7 Å². The van der Waals surface area contributed by atoms with Crippen LogP contribution in [0.3, 0.4) is 0 Å². The average Bonchev–Trinajstić information content (AvgIpc) is 1.44. The second-order valence-corrected chi connectivity index (χ2v) is 22.7. The summed E-state index contributed by atoms with van der Waals surface area (Å²) in [5.74, 6) is -7.43. The van der Waals surface area contributed by atoms with E-state index < -0.39 is 94.2 Å². The molecule has 2 bridgehead atoms. The molecule has 10 rings (SSSR count). The number of nitrogens with one attached hydrogen (secondary N) is 2. The molecule has 6 heterocycles. The first-order valence-electron chi connectivity index (χ1n) is 28.2. The molecule has 1 amide bonds. The summed E-state index contributed by atoms with van der Waals surface area (Å²) in [5, 5.41) is 83.2. The molecular weight excluding hydrogens is 1120 g/mol. The van der Waals surface area contributed by atoms with Crippen molar-refractivity contribution in [2.45, 2.75) is 112 Å². The van der Waals surface area contributed by atoms with E-state index in [2.05, 4.69) is 81.3 Å². The highest BCUT2D eigenvalue weighted by Crippen LogP contribution is 2.68. The van der Waals surface area contributed by atoms with Crippen LogP contribution in [0.2, 0.25) is 0 Å². The van der Waals surface area contributed by atoms with Gasteiger partial charge in [0, 0.05) is 90.9 Å². The predicted octanol–water partition coefficient (Wildman–Crippen LogP) is 1.82. The second-order valence-electron chi connectivity index (χ2n) is 22.7. The van der Waals surface area contributed by atoms with Gasteiger partial charge in [-0.2, -0.15) is 0 Å². The van der Waals surface area contributed by atoms with Crippen LogP contribution in [0.4, 0.5) is 5.69 Å². The van der Waals surface area contributed by atoms with Crippen LogP contribution in [-0.2, 0) is 55.5 Å². The van der Waals surface area contributed by atoms with Crippen LogP contribution in [0, 0.1) is 11.3 Å². The largest absolute Gasteiger partial charge is 0.496 e. The topological polar surface area (TPSA) is 376 Å². The summed E-state index contributed by atoms with van der Waals surface area (Å²) in [6.07, 6.45) is -0.140. The molecule has 5 aliphatic heterocycles. The van der Waals surface area contributed by atoms with E-state index in [1.54, 1.807) is 31.4 Å². The number of nitrogens with zero attached hydrogens (tertiary/aromatic N) is 3. The van der Waals surface area contributed by atoms with Crippen LogP contribution in [0.15, 0.2) is 84.5 Å². The van der Waals surface area contributed by atoms with Gasteiger partial charge in [-0.25, -0.2) is 19.2 Å². The molecular formula is C61H75N5O20. The third-order valence-electron chi connectivity index (χ3n) is 18.1. The van der Waals surface area contributed by atoms with Gasteiger partial charge in [0.1, 0.15) is 28.6 Å². The monoisotopic (exact) mass is 1200 g/mol. The first-order chi connectivity index (χ1) is 40.8. The summed E-state index contributed by atoms with van der Waals surface area (Å²) >= 11 is 0. The zero-order valence-electron chi connectivity index (χ0n) is 48.8. The SMILES string of the molecule is CCC1=C[C@@H]2CN(CCc3c([nH]c4ccccc34)[C@@](C(=O)OC)(c3cc4c(cc3OC)N(C)[C@H]3[C@@](O)(CNC(=O)c5ccccc5OC)[C@H](OC(C)=O)[C@]5(CC)C=CCN6CC[C@]43[C@@H]65)C2)C1.O=C(O)C(O)C(O)C(=O)O.O=C(O)C(O)C(O)C(=O)O. The van der Waals surface area contributed by atoms with E-state index in [1.165, 1.54) is 26.7 Å². The molecule has 13 atom stereocenters. The van der Waals surface area contributed by atoms with E-state index in [0.717, 1.165) is 72.4 Å². The Labute approximate surface area is 495 Å². The number of rotatable bonds is 16. The number of hydrogen-bond acceptors (Lipinski definition) is 19. The van der Waals surface area contributed by atoms with Crippen molar-refractivity contribution in [1.29, 1.82) is 0 Å². The fourth-order valence-electron chi connectivity index (χ4n) is 14.7. The van der Waals surface area contributed by atoms with Crippen LogP contribution in [0.1, 0.15) is 79.2 Å². The van der Waals surface area contributed by atoms with Crippen LogP contribution in [0.25, 0.3) is 10.9 Å². The smallest absolute Gasteiger partial charge is 0.335 e. The van der Waals surface area contributed by atoms with Crippen LogP contribution >= 0.6 is 0 Å². The maximum absolute atomic E-state index is 15.5. The number of carbonyl (C=O) groups excluding carboxylic acids is 3. The number of carboxylic acids is 4. The third kappa shape index (κ3) is 10.9. The van der Waals surface area contributed by atoms with Crippen molar-refractivity contribution in [1.82, 2.24) is 20.1 Å². The Morgan fingerprint density at radius 2 is 1.41 bits per heavy atom. The Hall–Kier alpha value is -7.91. The van der Waals surface area contributed by atoms with E-state index in [9.17, 15) is 33.9 Å². The van der Waals surface area contributed by atoms with Crippen molar-refractivity contribution in [3.8, 4) is 11.5 Å². The number of aromatic amines is 1. The fraction of sp³-hybridized carbons (Fsp3) is 0.492. The van der Waals surface area contributed by atoms with E-state index >= 15 is 4.79 Å². The Kier molecular flexibility index (Phi) is 18.8. The molecule has 1 aliphatic carbocycles. The number of ether oxygens (including phenoxy) is 4. The van der Waals surface area contributed by atoms with Crippen LogP contribution in [0.5, 0.6) is 11.5 Å². The van der Waals surface area contributed by atoms with Crippen molar-refractivity contribution in [2.24, 2.45) is 11.3 Å². The van der Waals surface area contributed by atoms with E-state index in [1.807, 2.05) is 19.2 Å². The Balaban J connectivity index is 0.000000412. The second kappa shape index (κ2) is 25.2. The molecule has 1 spiro atoms. The molecule has 86 heavy (non-hydrogen) atoms. The number of methoxy groups -OCH3 is 3. The maximum Gasteiger partial charge on any atom is 0.335 e. The number of H-pyrrole nitrogens is 1. The number of carbonyl (C=O) groups is 7. The highest BCUT2D eigenvalue weighted by atomic mass is 16.6. The van der Waals surface area contributed by atoms with Gasteiger partial charge in [0.25, 0.3) is 5.91 Å². The summed E-state index contributed by atoms with van der Waals surface area (Å²) < 4.78 is 24.5. The van der Waals surface area contributed by atoms with Crippen molar-refractivity contribution in [3.05, 3.63) is 112 Å². The first-order valence-corrected chi connectivity index (χ1v) is 28.2. The van der Waals surface area contributed by atoms with Gasteiger partial charge in [-0.3, -0.25) is 24.2 Å². The molecule has 0 radical (unpaired) electrons. The lowest BCUT2D eigenvalue weighted by molar-refractivity contribution is -0.216. The number of carboxylic acid groups (broad SMARTS) is 4. The summed E-state index contributed by atoms with van der Waals surface area (Å²) in [7, 11) is 6.64. The van der Waals surface area contributed by atoms with Crippen molar-refractivity contribution < 1.29 is 98.5 Å². The molecule has 1 aromatic heterocycles. The molecule has 5 unspecified atom stereocenters. The molecule has 4 aromatic rings. The van der Waals surface area contributed by atoms with Gasteiger partial charge in [0.15, 0.2) is 24.4 Å². The van der Waals surface area contributed by atoms with Gasteiger partial charge in [0.2, 0.25) is 0 Å². The van der Waals surface area contributed by atoms with Gasteiger partial charge in [0.05, 0.1) is 39.5 Å². The number of esters is 2. The molecule has 3 aromatic carbocycles. The quantitative estimate of drug-likeness (QED) is 0.0563. The summed E-state index contributed by atoms with van der Waals surface area (Å²) in [5.41, 5.74) is 2.24. The van der Waals surface area contributed by atoms with Gasteiger partial charge in [-0.05, 0) is 80.0 Å². The zero-order chi connectivity index (χ0) is 63.0. The number of amides is 1. The molecule has 6 aliphatic rings. The number of likely N-dealkylation sites (N-methyl/N-ethyl adjacent to an activating group) is 1. The number of hydrogen-bond donors (Lipinski definition) is 11. The summed E-state index contributed by atoms with van der Waals surface area (Å²) in [6, 6.07) is 18.6. The molecule has 1 saturated carbocycles. The van der Waals surface area contributed by atoms with Gasteiger partial charge >= 0.3 is 35.8 Å². The van der Waals surface area contributed by atoms with E-state index in [-0.39, 0.29) is 24.5 Å².